The van der Waals surface area contributed by atoms with Gasteiger partial charge in [-0.3, -0.25) is 0 Å². The van der Waals surface area contributed by atoms with E-state index in [0.29, 0.717) is 11.1 Å². The van der Waals surface area contributed by atoms with Crippen LogP contribution in [0.2, 0.25) is 0 Å². The van der Waals surface area contributed by atoms with E-state index in [1.807, 2.05) is 0 Å². The van der Waals surface area contributed by atoms with Crippen molar-refractivity contribution < 1.29 is 13.9 Å². The van der Waals surface area contributed by atoms with Crippen molar-refractivity contribution in [2.75, 3.05) is 0 Å². The Morgan fingerprint density at radius 1 is 0.895 bits per heavy atom. The second-order valence-electron chi connectivity index (χ2n) is 4.57. The highest BCUT2D eigenvalue weighted by Gasteiger charge is 2.35. The summed E-state index contributed by atoms with van der Waals surface area (Å²) in [6.07, 6.45) is 0. The van der Waals surface area contributed by atoms with Gasteiger partial charge in [0.05, 0.1) is 0 Å². The van der Waals surface area contributed by atoms with Crippen LogP contribution in [0.1, 0.15) is 18.1 Å². The molecule has 1 atom stereocenters. The van der Waals surface area contributed by atoms with Crippen molar-refractivity contribution in [2.45, 2.75) is 18.6 Å². The fraction of sp³-hybridized carbons (Fsp3) is 0.200. The molecule has 0 amide bonds. The average Bonchev–Trinajstić information content (AvgIpc) is 2.39. The van der Waals surface area contributed by atoms with E-state index >= 15 is 0 Å². The van der Waals surface area contributed by atoms with Gasteiger partial charge in [0.1, 0.15) is 17.2 Å². The van der Waals surface area contributed by atoms with Crippen molar-refractivity contribution in [2.24, 2.45) is 5.73 Å². The Morgan fingerprint density at radius 2 is 1.21 bits per heavy atom. The third-order valence-corrected chi connectivity index (χ3v) is 3.23. The van der Waals surface area contributed by atoms with E-state index in [4.69, 9.17) is 5.73 Å². The first-order valence-corrected chi connectivity index (χ1v) is 5.94. The van der Waals surface area contributed by atoms with Crippen molar-refractivity contribution in [1.29, 1.82) is 0 Å². The first-order chi connectivity index (χ1) is 8.94. The summed E-state index contributed by atoms with van der Waals surface area (Å²) in [5.74, 6) is -0.787. The Hall–Kier alpha value is -1.78. The summed E-state index contributed by atoms with van der Waals surface area (Å²) in [6.45, 7) is 1.65. The summed E-state index contributed by atoms with van der Waals surface area (Å²) < 4.78 is 25.9. The normalized spacial score (nSPS) is 13.3. The van der Waals surface area contributed by atoms with E-state index in [2.05, 4.69) is 0 Å². The molecule has 0 saturated heterocycles. The summed E-state index contributed by atoms with van der Waals surface area (Å²) in [6, 6.07) is 10.3. The summed E-state index contributed by atoms with van der Waals surface area (Å²) in [4.78, 5) is 0. The predicted octanol–water partition coefficient (Wildman–Crippen LogP) is 2.55. The van der Waals surface area contributed by atoms with Crippen LogP contribution in [-0.2, 0) is 5.60 Å². The molecule has 0 fully saturated rings. The minimum Gasteiger partial charge on any atom is -0.379 e. The smallest absolute Gasteiger partial charge is 0.129 e. The molecule has 2 aromatic rings. The number of rotatable bonds is 3. The fourth-order valence-corrected chi connectivity index (χ4v) is 2.10. The molecular weight excluding hydrogens is 248 g/mol. The molecule has 0 saturated carbocycles. The molecule has 0 heterocycles. The highest BCUT2D eigenvalue weighted by molar-refractivity contribution is 5.38. The van der Waals surface area contributed by atoms with Crippen LogP contribution in [0.15, 0.2) is 48.5 Å². The number of aliphatic hydroxyl groups is 1. The third-order valence-electron chi connectivity index (χ3n) is 3.23. The maximum Gasteiger partial charge on any atom is 0.129 e. The molecule has 0 radical (unpaired) electrons. The SMILES string of the molecule is CC(N)C(O)(c1ccc(F)cc1)c1ccc(F)cc1. The molecule has 0 aliphatic rings. The van der Waals surface area contributed by atoms with Crippen LogP contribution in [-0.4, -0.2) is 11.1 Å². The van der Waals surface area contributed by atoms with Crippen LogP contribution in [0.25, 0.3) is 0 Å². The lowest BCUT2D eigenvalue weighted by Gasteiger charge is -2.33. The van der Waals surface area contributed by atoms with Gasteiger partial charge in [-0.15, -0.1) is 0 Å². The zero-order chi connectivity index (χ0) is 14.0. The van der Waals surface area contributed by atoms with Gasteiger partial charge in [-0.2, -0.15) is 0 Å². The van der Waals surface area contributed by atoms with Gasteiger partial charge in [0, 0.05) is 6.04 Å². The molecule has 1 unspecified atom stereocenters. The molecular formula is C15H15F2NO. The van der Waals surface area contributed by atoms with Gasteiger partial charge in [-0.1, -0.05) is 24.3 Å². The van der Waals surface area contributed by atoms with Crippen LogP contribution in [0.5, 0.6) is 0 Å². The zero-order valence-electron chi connectivity index (χ0n) is 10.5. The molecule has 0 bridgehead atoms. The largest absolute Gasteiger partial charge is 0.379 e. The summed E-state index contributed by atoms with van der Waals surface area (Å²) in [5.41, 5.74) is 5.32. The number of benzene rings is 2. The Bertz CT molecular complexity index is 504. The van der Waals surface area contributed by atoms with Crippen LogP contribution in [0.3, 0.4) is 0 Å². The maximum absolute atomic E-state index is 13.0. The second-order valence-corrected chi connectivity index (χ2v) is 4.57. The minimum atomic E-state index is -1.48. The second kappa shape index (κ2) is 5.07. The van der Waals surface area contributed by atoms with Gasteiger partial charge in [0.15, 0.2) is 0 Å². The first-order valence-electron chi connectivity index (χ1n) is 5.94. The molecule has 2 nitrogen and oxygen atoms in total. The lowest BCUT2D eigenvalue weighted by atomic mass is 9.81. The van der Waals surface area contributed by atoms with Gasteiger partial charge in [-0.05, 0) is 42.3 Å². The minimum absolute atomic E-state index is 0.394. The van der Waals surface area contributed by atoms with Crippen LogP contribution >= 0.6 is 0 Å². The van der Waals surface area contributed by atoms with E-state index in [1.54, 1.807) is 6.92 Å². The standard InChI is InChI=1S/C15H15F2NO/c1-10(18)15(19,11-2-6-13(16)7-3-11)12-4-8-14(17)9-5-12/h2-10,19H,18H2,1H3. The van der Waals surface area contributed by atoms with Gasteiger partial charge in [0.2, 0.25) is 0 Å². The monoisotopic (exact) mass is 263 g/mol. The third kappa shape index (κ3) is 2.50. The molecule has 0 aliphatic carbocycles. The van der Waals surface area contributed by atoms with Crippen molar-refractivity contribution in [3.63, 3.8) is 0 Å². The van der Waals surface area contributed by atoms with Crippen molar-refractivity contribution in [3.05, 3.63) is 71.3 Å². The molecule has 19 heavy (non-hydrogen) atoms. The molecule has 2 aromatic carbocycles. The number of hydrogen-bond acceptors (Lipinski definition) is 2. The van der Waals surface area contributed by atoms with E-state index in [-0.39, 0.29) is 0 Å². The quantitative estimate of drug-likeness (QED) is 0.894. The first kappa shape index (κ1) is 13.6. The van der Waals surface area contributed by atoms with E-state index < -0.39 is 23.3 Å². The summed E-state index contributed by atoms with van der Waals surface area (Å²) in [7, 11) is 0. The average molecular weight is 263 g/mol. The Balaban J connectivity index is 2.54. The topological polar surface area (TPSA) is 46.2 Å². The Morgan fingerprint density at radius 3 is 1.47 bits per heavy atom. The highest BCUT2D eigenvalue weighted by Crippen LogP contribution is 2.32. The molecule has 0 spiro atoms. The fourth-order valence-electron chi connectivity index (χ4n) is 2.10. The van der Waals surface area contributed by atoms with E-state index in [0.717, 1.165) is 0 Å². The van der Waals surface area contributed by atoms with Crippen molar-refractivity contribution in [3.8, 4) is 0 Å². The molecule has 0 aliphatic heterocycles. The number of nitrogens with two attached hydrogens (primary N) is 1. The predicted molar refractivity (Wildman–Crippen MR) is 69.4 cm³/mol. The number of halogens is 2. The Labute approximate surface area is 110 Å². The van der Waals surface area contributed by atoms with Gasteiger partial charge < -0.3 is 10.8 Å². The zero-order valence-corrected chi connectivity index (χ0v) is 10.5. The van der Waals surface area contributed by atoms with Gasteiger partial charge in [0.25, 0.3) is 0 Å². The Kier molecular flexibility index (Phi) is 3.64. The van der Waals surface area contributed by atoms with Gasteiger partial charge in [-0.25, -0.2) is 8.78 Å². The van der Waals surface area contributed by atoms with Crippen molar-refractivity contribution in [1.82, 2.24) is 0 Å². The number of hydrogen-bond donors (Lipinski definition) is 2. The van der Waals surface area contributed by atoms with E-state index in [9.17, 15) is 13.9 Å². The lowest BCUT2D eigenvalue weighted by Crippen LogP contribution is -2.44. The summed E-state index contributed by atoms with van der Waals surface area (Å²) in [5, 5.41) is 10.8. The van der Waals surface area contributed by atoms with E-state index in [1.165, 1.54) is 48.5 Å². The van der Waals surface area contributed by atoms with Crippen LogP contribution in [0.4, 0.5) is 8.78 Å². The lowest BCUT2D eigenvalue weighted by molar-refractivity contribution is 0.0577. The molecule has 4 heteroatoms. The van der Waals surface area contributed by atoms with Crippen LogP contribution < -0.4 is 5.73 Å². The molecule has 2 rings (SSSR count). The van der Waals surface area contributed by atoms with Gasteiger partial charge >= 0.3 is 0 Å². The molecule has 0 aromatic heterocycles. The summed E-state index contributed by atoms with van der Waals surface area (Å²) >= 11 is 0. The highest BCUT2D eigenvalue weighted by atomic mass is 19.1. The van der Waals surface area contributed by atoms with Crippen LogP contribution in [0, 0.1) is 11.6 Å². The molecule has 100 valence electrons. The maximum atomic E-state index is 13.0. The molecule has 3 N–H and O–H groups in total. The van der Waals surface area contributed by atoms with Crippen molar-refractivity contribution >= 4 is 0 Å².